The van der Waals surface area contributed by atoms with Crippen LogP contribution >= 0.6 is 15.9 Å². The average Bonchev–Trinajstić information content (AvgIpc) is 2.47. The number of hydrogen-bond acceptors (Lipinski definition) is 2. The van der Waals surface area contributed by atoms with E-state index in [1.165, 1.54) is 11.1 Å². The van der Waals surface area contributed by atoms with Crippen molar-refractivity contribution in [2.45, 2.75) is 19.3 Å². The van der Waals surface area contributed by atoms with E-state index in [0.29, 0.717) is 6.54 Å². The predicted octanol–water partition coefficient (Wildman–Crippen LogP) is 3.96. The fraction of sp³-hybridized carbons (Fsp3) is 0.294. The maximum Gasteiger partial charge on any atom is 0.136 e. The molecule has 0 radical (unpaired) electrons. The first-order chi connectivity index (χ1) is 9.81. The van der Waals surface area contributed by atoms with Crippen molar-refractivity contribution in [1.29, 1.82) is 0 Å². The molecule has 2 rings (SSSR count). The van der Waals surface area contributed by atoms with E-state index in [4.69, 9.17) is 10.5 Å². The monoisotopic (exact) mass is 333 g/mol. The fourth-order valence-electron chi connectivity index (χ4n) is 2.16. The van der Waals surface area contributed by atoms with Crippen LogP contribution in [-0.4, -0.2) is 13.2 Å². The molecule has 0 amide bonds. The standard InChI is InChI=1S/C17H20BrNO/c18-16-10-4-9-15(11-12-19)17(16)20-13-5-8-14-6-2-1-3-7-14/h1-4,6-7,9-10H,5,8,11-13,19H2. The summed E-state index contributed by atoms with van der Waals surface area (Å²) < 4.78 is 6.94. The van der Waals surface area contributed by atoms with Gasteiger partial charge in [0.25, 0.3) is 0 Å². The molecule has 0 bridgehead atoms. The summed E-state index contributed by atoms with van der Waals surface area (Å²) in [4.78, 5) is 0. The molecular weight excluding hydrogens is 314 g/mol. The van der Waals surface area contributed by atoms with Crippen LogP contribution in [0.4, 0.5) is 0 Å². The molecule has 3 heteroatoms. The van der Waals surface area contributed by atoms with E-state index in [9.17, 15) is 0 Å². The highest BCUT2D eigenvalue weighted by Gasteiger charge is 2.07. The summed E-state index contributed by atoms with van der Waals surface area (Å²) in [5, 5.41) is 0. The van der Waals surface area contributed by atoms with Gasteiger partial charge < -0.3 is 10.5 Å². The van der Waals surface area contributed by atoms with E-state index in [1.807, 2.05) is 18.2 Å². The second-order valence-corrected chi connectivity index (χ2v) is 5.56. The molecule has 0 saturated carbocycles. The van der Waals surface area contributed by atoms with Crippen LogP contribution in [0.15, 0.2) is 53.0 Å². The minimum absolute atomic E-state index is 0.636. The van der Waals surface area contributed by atoms with Crippen LogP contribution in [0.1, 0.15) is 17.5 Å². The Morgan fingerprint density at radius 2 is 1.75 bits per heavy atom. The number of para-hydroxylation sites is 1. The first-order valence-corrected chi connectivity index (χ1v) is 7.74. The molecule has 0 aliphatic heterocycles. The number of halogens is 1. The lowest BCUT2D eigenvalue weighted by Crippen LogP contribution is -2.07. The topological polar surface area (TPSA) is 35.2 Å². The molecule has 0 unspecified atom stereocenters. The Bertz CT molecular complexity index is 528. The van der Waals surface area contributed by atoms with Gasteiger partial charge in [0.1, 0.15) is 5.75 Å². The number of rotatable bonds is 7. The first kappa shape index (κ1) is 15.1. The van der Waals surface area contributed by atoms with E-state index in [0.717, 1.165) is 36.1 Å². The summed E-state index contributed by atoms with van der Waals surface area (Å²) in [5.74, 6) is 0.936. The zero-order valence-corrected chi connectivity index (χ0v) is 13.1. The predicted molar refractivity (Wildman–Crippen MR) is 87.2 cm³/mol. The third-order valence-electron chi connectivity index (χ3n) is 3.16. The molecule has 0 spiro atoms. The fourth-order valence-corrected chi connectivity index (χ4v) is 2.68. The SMILES string of the molecule is NCCc1cccc(Br)c1OCCCc1ccccc1. The third-order valence-corrected chi connectivity index (χ3v) is 3.79. The lowest BCUT2D eigenvalue weighted by atomic mass is 10.1. The Morgan fingerprint density at radius 3 is 2.50 bits per heavy atom. The molecule has 0 aliphatic rings. The molecule has 2 N–H and O–H groups in total. The van der Waals surface area contributed by atoms with E-state index in [2.05, 4.69) is 46.3 Å². The third kappa shape index (κ3) is 4.36. The Balaban J connectivity index is 1.87. The van der Waals surface area contributed by atoms with Gasteiger partial charge in [0.2, 0.25) is 0 Å². The van der Waals surface area contributed by atoms with Gasteiger partial charge in [-0.3, -0.25) is 0 Å². The van der Waals surface area contributed by atoms with Crippen molar-refractivity contribution in [3.63, 3.8) is 0 Å². The van der Waals surface area contributed by atoms with Gasteiger partial charge >= 0.3 is 0 Å². The molecule has 0 fully saturated rings. The Morgan fingerprint density at radius 1 is 0.950 bits per heavy atom. The van der Waals surface area contributed by atoms with Crippen molar-refractivity contribution in [3.8, 4) is 5.75 Å². The van der Waals surface area contributed by atoms with Crippen molar-refractivity contribution < 1.29 is 4.74 Å². The van der Waals surface area contributed by atoms with Gasteiger partial charge in [0.15, 0.2) is 0 Å². The molecule has 0 aromatic heterocycles. The highest BCUT2D eigenvalue weighted by molar-refractivity contribution is 9.10. The molecule has 106 valence electrons. The summed E-state index contributed by atoms with van der Waals surface area (Å²) >= 11 is 3.55. The first-order valence-electron chi connectivity index (χ1n) is 6.95. The number of aryl methyl sites for hydroxylation is 1. The van der Waals surface area contributed by atoms with Crippen molar-refractivity contribution in [3.05, 3.63) is 64.1 Å². The molecule has 20 heavy (non-hydrogen) atoms. The van der Waals surface area contributed by atoms with Gasteiger partial charge in [-0.1, -0.05) is 42.5 Å². The molecule has 2 nitrogen and oxygen atoms in total. The molecule has 2 aromatic carbocycles. The van der Waals surface area contributed by atoms with E-state index < -0.39 is 0 Å². The summed E-state index contributed by atoms with van der Waals surface area (Å²) in [6.07, 6.45) is 2.89. The van der Waals surface area contributed by atoms with Crippen LogP contribution in [0, 0.1) is 0 Å². The minimum Gasteiger partial charge on any atom is -0.492 e. The highest BCUT2D eigenvalue weighted by atomic mass is 79.9. The summed E-state index contributed by atoms with van der Waals surface area (Å²) in [7, 11) is 0. The maximum atomic E-state index is 5.94. The minimum atomic E-state index is 0.636. The molecule has 0 saturated heterocycles. The van der Waals surface area contributed by atoms with Crippen LogP contribution < -0.4 is 10.5 Å². The van der Waals surface area contributed by atoms with Gasteiger partial charge in [-0.05, 0) is 58.9 Å². The van der Waals surface area contributed by atoms with E-state index in [1.54, 1.807) is 0 Å². The Kier molecular flexibility index (Phi) is 6.09. The van der Waals surface area contributed by atoms with Gasteiger partial charge in [0, 0.05) is 0 Å². The van der Waals surface area contributed by atoms with E-state index in [-0.39, 0.29) is 0 Å². The second kappa shape index (κ2) is 8.08. The van der Waals surface area contributed by atoms with Crippen molar-refractivity contribution in [1.82, 2.24) is 0 Å². The van der Waals surface area contributed by atoms with Crippen LogP contribution in [0.5, 0.6) is 5.75 Å². The normalized spacial score (nSPS) is 10.5. The smallest absolute Gasteiger partial charge is 0.136 e. The van der Waals surface area contributed by atoms with Gasteiger partial charge in [-0.2, -0.15) is 0 Å². The molecule has 2 aromatic rings. The summed E-state index contributed by atoms with van der Waals surface area (Å²) in [6.45, 7) is 1.35. The van der Waals surface area contributed by atoms with Crippen molar-refractivity contribution in [2.24, 2.45) is 5.73 Å². The van der Waals surface area contributed by atoms with Crippen LogP contribution in [-0.2, 0) is 12.8 Å². The van der Waals surface area contributed by atoms with Crippen LogP contribution in [0.25, 0.3) is 0 Å². The second-order valence-electron chi connectivity index (χ2n) is 4.70. The number of hydrogen-bond donors (Lipinski definition) is 1. The molecule has 0 atom stereocenters. The van der Waals surface area contributed by atoms with E-state index >= 15 is 0 Å². The van der Waals surface area contributed by atoms with Gasteiger partial charge in [-0.25, -0.2) is 0 Å². The van der Waals surface area contributed by atoms with Gasteiger partial charge in [0.05, 0.1) is 11.1 Å². The molecule has 0 heterocycles. The lowest BCUT2D eigenvalue weighted by molar-refractivity contribution is 0.306. The Hall–Kier alpha value is -1.32. The lowest BCUT2D eigenvalue weighted by Gasteiger charge is -2.13. The largest absolute Gasteiger partial charge is 0.492 e. The number of ether oxygens (including phenoxy) is 1. The molecule has 0 aliphatic carbocycles. The summed E-state index contributed by atoms with van der Waals surface area (Å²) in [6, 6.07) is 16.6. The molecular formula is C17H20BrNO. The summed E-state index contributed by atoms with van der Waals surface area (Å²) in [5.41, 5.74) is 8.16. The quantitative estimate of drug-likeness (QED) is 0.778. The average molecular weight is 334 g/mol. The zero-order chi connectivity index (χ0) is 14.2. The zero-order valence-electron chi connectivity index (χ0n) is 11.5. The highest BCUT2D eigenvalue weighted by Crippen LogP contribution is 2.29. The van der Waals surface area contributed by atoms with Crippen LogP contribution in [0.3, 0.4) is 0 Å². The van der Waals surface area contributed by atoms with Gasteiger partial charge in [-0.15, -0.1) is 0 Å². The van der Waals surface area contributed by atoms with Crippen molar-refractivity contribution >= 4 is 15.9 Å². The number of benzene rings is 2. The Labute approximate surface area is 129 Å². The van der Waals surface area contributed by atoms with Crippen LogP contribution in [0.2, 0.25) is 0 Å². The maximum absolute atomic E-state index is 5.94. The number of nitrogens with two attached hydrogens (primary N) is 1. The van der Waals surface area contributed by atoms with Crippen molar-refractivity contribution in [2.75, 3.05) is 13.2 Å².